The van der Waals surface area contributed by atoms with Gasteiger partial charge >= 0.3 is 17.9 Å². The lowest BCUT2D eigenvalue weighted by Crippen LogP contribution is -2.45. The zero-order valence-corrected chi connectivity index (χ0v) is 16.4. The number of hydrogen-bond acceptors (Lipinski definition) is 8. The van der Waals surface area contributed by atoms with E-state index in [0.717, 1.165) is 6.92 Å². The molecule has 0 spiro atoms. The lowest BCUT2D eigenvalue weighted by atomic mass is 9.83. The molecular formula is C21H24O8. The minimum absolute atomic E-state index is 0.00558. The van der Waals surface area contributed by atoms with Gasteiger partial charge in [0.1, 0.15) is 12.4 Å². The number of fused-ring (bicyclic) bond motifs is 1. The van der Waals surface area contributed by atoms with E-state index in [1.807, 2.05) is 0 Å². The Morgan fingerprint density at radius 3 is 2.59 bits per heavy atom. The van der Waals surface area contributed by atoms with Crippen molar-refractivity contribution < 1.29 is 38.5 Å². The van der Waals surface area contributed by atoms with E-state index in [-0.39, 0.29) is 23.3 Å². The van der Waals surface area contributed by atoms with Gasteiger partial charge in [0.05, 0.1) is 12.5 Å². The highest BCUT2D eigenvalue weighted by Crippen LogP contribution is 2.37. The van der Waals surface area contributed by atoms with Crippen LogP contribution in [0.2, 0.25) is 0 Å². The molecule has 2 rings (SSSR count). The van der Waals surface area contributed by atoms with E-state index in [9.17, 15) is 24.3 Å². The number of carbonyl (C=O) groups excluding carboxylic acids is 4. The molecule has 0 aromatic rings. The van der Waals surface area contributed by atoms with Crippen molar-refractivity contribution in [2.45, 2.75) is 45.0 Å². The number of esters is 3. The fraction of sp³-hybridized carbons (Fsp3) is 0.429. The number of allylic oxidation sites excluding steroid dienone is 1. The monoisotopic (exact) mass is 404 g/mol. The molecule has 0 unspecified atom stereocenters. The van der Waals surface area contributed by atoms with Gasteiger partial charge in [-0.15, -0.1) is 0 Å². The third-order valence-corrected chi connectivity index (χ3v) is 4.71. The summed E-state index contributed by atoms with van der Waals surface area (Å²) >= 11 is 0. The summed E-state index contributed by atoms with van der Waals surface area (Å²) in [5.41, 5.74) is 0.745. The zero-order valence-electron chi connectivity index (χ0n) is 16.4. The molecule has 8 nitrogen and oxygen atoms in total. The molecule has 1 N–H and O–H groups in total. The predicted octanol–water partition coefficient (Wildman–Crippen LogP) is 1.34. The highest BCUT2D eigenvalue weighted by atomic mass is 16.6. The molecule has 0 radical (unpaired) electrons. The second-order valence-electron chi connectivity index (χ2n) is 6.94. The summed E-state index contributed by atoms with van der Waals surface area (Å²) in [5, 5.41) is 9.61. The Morgan fingerprint density at radius 2 is 2.03 bits per heavy atom. The summed E-state index contributed by atoms with van der Waals surface area (Å²) in [6.45, 7) is 9.59. The van der Waals surface area contributed by atoms with Crippen LogP contribution in [0, 0.1) is 5.92 Å². The number of carbonyl (C=O) groups is 4. The number of rotatable bonds is 5. The minimum Gasteiger partial charge on any atom is -0.454 e. The van der Waals surface area contributed by atoms with Crippen molar-refractivity contribution in [2.75, 3.05) is 6.61 Å². The molecule has 0 aromatic carbocycles. The summed E-state index contributed by atoms with van der Waals surface area (Å²) in [4.78, 5) is 48.0. The molecular weight excluding hydrogens is 380 g/mol. The Hall–Kier alpha value is -3.00. The molecule has 8 heteroatoms. The van der Waals surface area contributed by atoms with Crippen molar-refractivity contribution in [3.8, 4) is 0 Å². The van der Waals surface area contributed by atoms with Crippen molar-refractivity contribution in [3.05, 3.63) is 47.6 Å². The van der Waals surface area contributed by atoms with Crippen LogP contribution in [0.5, 0.6) is 0 Å². The first-order valence-electron chi connectivity index (χ1n) is 9.08. The van der Waals surface area contributed by atoms with E-state index in [4.69, 9.17) is 14.2 Å². The van der Waals surface area contributed by atoms with Crippen LogP contribution in [0.3, 0.4) is 0 Å². The lowest BCUT2D eigenvalue weighted by Gasteiger charge is -2.33. The van der Waals surface area contributed by atoms with E-state index in [2.05, 4.69) is 13.2 Å². The molecule has 1 aliphatic heterocycles. The largest absolute Gasteiger partial charge is 0.454 e. The summed E-state index contributed by atoms with van der Waals surface area (Å²) < 4.78 is 16.2. The fourth-order valence-electron chi connectivity index (χ4n) is 3.28. The number of hydrogen-bond donors (Lipinski definition) is 1. The first-order chi connectivity index (χ1) is 13.7. The van der Waals surface area contributed by atoms with Crippen LogP contribution in [0.15, 0.2) is 47.6 Å². The standard InChI is InChI=1S/C21H24O8/c1-11(2)20(25)29-19-17-12(3)21(26)28-16(17)8-14(9-22)6-5-7-15(10-23)18(19)27-13(4)24/h7-8,10,16-19,22H,1,3,5-6,9H2,2,4H3/b14-8-,15-7-/t16-,17-,18+,19+/m0/s1. The molecule has 1 fully saturated rings. The molecule has 1 saturated heterocycles. The topological polar surface area (TPSA) is 116 Å². The van der Waals surface area contributed by atoms with Crippen LogP contribution in [-0.2, 0) is 33.4 Å². The van der Waals surface area contributed by atoms with E-state index in [1.54, 1.807) is 12.2 Å². The lowest BCUT2D eigenvalue weighted by molar-refractivity contribution is -0.166. The van der Waals surface area contributed by atoms with Crippen LogP contribution in [0.4, 0.5) is 0 Å². The number of ether oxygens (including phenoxy) is 3. The average Bonchev–Trinajstić information content (AvgIpc) is 2.93. The number of aliphatic hydroxyl groups excluding tert-OH is 1. The smallest absolute Gasteiger partial charge is 0.334 e. The van der Waals surface area contributed by atoms with Gasteiger partial charge in [-0.05, 0) is 31.4 Å². The Bertz CT molecular complexity index is 803. The molecule has 0 aromatic heterocycles. The summed E-state index contributed by atoms with van der Waals surface area (Å²) in [5.74, 6) is -3.12. The second-order valence-corrected chi connectivity index (χ2v) is 6.94. The molecule has 1 aliphatic carbocycles. The second kappa shape index (κ2) is 9.47. The van der Waals surface area contributed by atoms with E-state index < -0.39 is 42.1 Å². The Morgan fingerprint density at radius 1 is 1.34 bits per heavy atom. The molecule has 0 amide bonds. The van der Waals surface area contributed by atoms with Crippen LogP contribution >= 0.6 is 0 Å². The number of aliphatic hydroxyl groups is 1. The van der Waals surface area contributed by atoms with Crippen LogP contribution in [0.25, 0.3) is 0 Å². The Labute approximate surface area is 168 Å². The van der Waals surface area contributed by atoms with Gasteiger partial charge in [0, 0.05) is 23.6 Å². The van der Waals surface area contributed by atoms with Gasteiger partial charge in [0.15, 0.2) is 12.2 Å². The van der Waals surface area contributed by atoms with Gasteiger partial charge in [0.25, 0.3) is 0 Å². The summed E-state index contributed by atoms with van der Waals surface area (Å²) in [6, 6.07) is 0. The van der Waals surface area contributed by atoms with Crippen LogP contribution in [-0.4, -0.2) is 54.2 Å². The highest BCUT2D eigenvalue weighted by molar-refractivity contribution is 5.92. The van der Waals surface area contributed by atoms with Gasteiger partial charge in [-0.25, -0.2) is 9.59 Å². The first kappa shape index (κ1) is 22.3. The summed E-state index contributed by atoms with van der Waals surface area (Å²) in [7, 11) is 0. The summed E-state index contributed by atoms with van der Waals surface area (Å²) in [6.07, 6.45) is 0.932. The third-order valence-electron chi connectivity index (χ3n) is 4.71. The minimum atomic E-state index is -1.27. The maximum absolute atomic E-state index is 12.3. The van der Waals surface area contributed by atoms with Crippen LogP contribution < -0.4 is 0 Å². The van der Waals surface area contributed by atoms with Gasteiger partial charge in [-0.1, -0.05) is 19.2 Å². The van der Waals surface area contributed by atoms with Crippen molar-refractivity contribution >= 4 is 24.2 Å². The Balaban J connectivity index is 2.65. The quantitative estimate of drug-likeness (QED) is 0.240. The predicted molar refractivity (Wildman–Crippen MR) is 101 cm³/mol. The first-order valence-corrected chi connectivity index (χ1v) is 9.08. The fourth-order valence-corrected chi connectivity index (χ4v) is 3.28. The van der Waals surface area contributed by atoms with Crippen molar-refractivity contribution in [1.82, 2.24) is 0 Å². The van der Waals surface area contributed by atoms with Gasteiger partial charge < -0.3 is 19.3 Å². The Kier molecular flexibility index (Phi) is 7.28. The van der Waals surface area contributed by atoms with E-state index >= 15 is 0 Å². The van der Waals surface area contributed by atoms with Crippen molar-refractivity contribution in [2.24, 2.45) is 5.92 Å². The van der Waals surface area contributed by atoms with Crippen LogP contribution in [0.1, 0.15) is 26.7 Å². The molecule has 29 heavy (non-hydrogen) atoms. The van der Waals surface area contributed by atoms with Gasteiger partial charge in [-0.2, -0.15) is 0 Å². The van der Waals surface area contributed by atoms with E-state index in [1.165, 1.54) is 6.92 Å². The zero-order chi connectivity index (χ0) is 21.7. The average molecular weight is 404 g/mol. The third kappa shape index (κ3) is 5.08. The van der Waals surface area contributed by atoms with Gasteiger partial charge in [0.2, 0.25) is 0 Å². The number of aldehydes is 1. The molecule has 2 aliphatic rings. The molecule has 4 atom stereocenters. The van der Waals surface area contributed by atoms with E-state index in [0.29, 0.717) is 24.7 Å². The van der Waals surface area contributed by atoms with Gasteiger partial charge in [-0.3, -0.25) is 9.59 Å². The molecule has 0 saturated carbocycles. The molecule has 0 bridgehead atoms. The maximum atomic E-state index is 12.3. The maximum Gasteiger partial charge on any atom is 0.334 e. The normalized spacial score (nSPS) is 30.6. The highest BCUT2D eigenvalue weighted by Gasteiger charge is 2.49. The molecule has 156 valence electrons. The van der Waals surface area contributed by atoms with Crippen molar-refractivity contribution in [1.29, 1.82) is 0 Å². The SMILES string of the molecule is C=C(C)C(=O)O[C@@H]1[C@H]2C(=C)C(=O)O[C@H]2/C=C(\CO)CC/C=C(/C=O)[C@H]1OC(C)=O. The molecule has 1 heterocycles. The van der Waals surface area contributed by atoms with Crippen molar-refractivity contribution in [3.63, 3.8) is 0 Å².